The largest absolute Gasteiger partial charge is 0.378 e. The van der Waals surface area contributed by atoms with Gasteiger partial charge in [0.05, 0.1) is 12.7 Å². The molecule has 0 saturated carbocycles. The minimum absolute atomic E-state index is 0.0264. The van der Waals surface area contributed by atoms with Gasteiger partial charge in [-0.1, -0.05) is 37.3 Å². The number of hydrogen-bond acceptors (Lipinski definition) is 3. The van der Waals surface area contributed by atoms with Crippen molar-refractivity contribution < 1.29 is 13.2 Å². The molecule has 5 nitrogen and oxygen atoms in total. The Kier molecular flexibility index (Phi) is 4.78. The van der Waals surface area contributed by atoms with Crippen molar-refractivity contribution in [2.24, 2.45) is 5.41 Å². The zero-order valence-electron chi connectivity index (χ0n) is 13.9. The average Bonchev–Trinajstić information content (AvgIpc) is 3.13. The van der Waals surface area contributed by atoms with E-state index in [0.717, 1.165) is 18.4 Å². The van der Waals surface area contributed by atoms with Crippen LogP contribution < -0.4 is 0 Å². The Morgan fingerprint density at radius 2 is 2.09 bits per heavy atom. The van der Waals surface area contributed by atoms with E-state index in [4.69, 9.17) is 4.74 Å². The predicted octanol–water partition coefficient (Wildman–Crippen LogP) is 2.25. The molecule has 23 heavy (non-hydrogen) atoms. The Bertz CT molecular complexity index is 634. The van der Waals surface area contributed by atoms with Gasteiger partial charge in [-0.25, -0.2) is 0 Å². The molecule has 2 heterocycles. The number of nitrogens with zero attached hydrogens (tertiary/aromatic N) is 2. The van der Waals surface area contributed by atoms with Crippen molar-refractivity contribution in [1.82, 2.24) is 8.61 Å². The lowest BCUT2D eigenvalue weighted by molar-refractivity contribution is 0.108. The first-order valence-corrected chi connectivity index (χ1v) is 9.76. The van der Waals surface area contributed by atoms with Crippen LogP contribution in [0.15, 0.2) is 30.3 Å². The van der Waals surface area contributed by atoms with Gasteiger partial charge in [0.25, 0.3) is 10.2 Å². The van der Waals surface area contributed by atoms with Gasteiger partial charge in [-0.15, -0.1) is 0 Å². The van der Waals surface area contributed by atoms with Gasteiger partial charge in [-0.3, -0.25) is 0 Å². The molecule has 0 aromatic heterocycles. The minimum Gasteiger partial charge on any atom is -0.378 e. The van der Waals surface area contributed by atoms with E-state index < -0.39 is 10.2 Å². The van der Waals surface area contributed by atoms with Crippen molar-refractivity contribution in [3.63, 3.8) is 0 Å². The fourth-order valence-corrected chi connectivity index (χ4v) is 5.45. The SMILES string of the molecule is CCN(Cc1ccccc1)S(=O)(=O)N1CC[C@@]2(CO[C@@H](C)C2)C1. The van der Waals surface area contributed by atoms with E-state index in [0.29, 0.717) is 32.8 Å². The van der Waals surface area contributed by atoms with Crippen LogP contribution in [0, 0.1) is 5.41 Å². The van der Waals surface area contributed by atoms with Crippen LogP contribution in [0.3, 0.4) is 0 Å². The van der Waals surface area contributed by atoms with Crippen LogP contribution in [0.2, 0.25) is 0 Å². The zero-order chi connectivity index (χ0) is 16.5. The van der Waals surface area contributed by atoms with E-state index in [1.165, 1.54) is 0 Å². The Morgan fingerprint density at radius 3 is 2.70 bits per heavy atom. The highest BCUT2D eigenvalue weighted by Gasteiger charge is 2.47. The van der Waals surface area contributed by atoms with Crippen molar-refractivity contribution in [3.8, 4) is 0 Å². The van der Waals surface area contributed by atoms with Gasteiger partial charge in [0.2, 0.25) is 0 Å². The van der Waals surface area contributed by atoms with Crippen LogP contribution in [0.1, 0.15) is 32.3 Å². The fraction of sp³-hybridized carbons (Fsp3) is 0.647. The van der Waals surface area contributed by atoms with Crippen molar-refractivity contribution in [2.45, 2.75) is 39.3 Å². The maximum absolute atomic E-state index is 13.0. The monoisotopic (exact) mass is 338 g/mol. The molecule has 2 aliphatic heterocycles. The standard InChI is InChI=1S/C17H26N2O3S/c1-3-18(12-16-7-5-4-6-8-16)23(20,21)19-10-9-17(13-19)11-15(2)22-14-17/h4-8,15H,3,9-14H2,1-2H3/t15-,17-/m0/s1. The molecule has 6 heteroatoms. The predicted molar refractivity (Wildman–Crippen MR) is 90.1 cm³/mol. The van der Waals surface area contributed by atoms with Gasteiger partial charge in [0.1, 0.15) is 0 Å². The van der Waals surface area contributed by atoms with Gasteiger partial charge < -0.3 is 4.74 Å². The second-order valence-corrected chi connectivity index (χ2v) is 8.76. The van der Waals surface area contributed by atoms with Crippen LogP contribution in [0.25, 0.3) is 0 Å². The summed E-state index contributed by atoms with van der Waals surface area (Å²) in [6.07, 6.45) is 2.10. The highest BCUT2D eigenvalue weighted by Crippen LogP contribution is 2.42. The first-order valence-electron chi connectivity index (χ1n) is 8.36. The number of hydrogen-bond donors (Lipinski definition) is 0. The third-order valence-electron chi connectivity index (χ3n) is 5.00. The summed E-state index contributed by atoms with van der Waals surface area (Å²) in [5.41, 5.74) is 1.04. The number of rotatable bonds is 5. The van der Waals surface area contributed by atoms with E-state index in [1.807, 2.05) is 37.3 Å². The summed E-state index contributed by atoms with van der Waals surface area (Å²) in [5, 5.41) is 0. The summed E-state index contributed by atoms with van der Waals surface area (Å²) in [5.74, 6) is 0. The molecule has 1 spiro atoms. The highest BCUT2D eigenvalue weighted by atomic mass is 32.2. The van der Waals surface area contributed by atoms with E-state index in [2.05, 4.69) is 6.92 Å². The lowest BCUT2D eigenvalue weighted by Gasteiger charge is -2.28. The summed E-state index contributed by atoms with van der Waals surface area (Å²) in [6.45, 7) is 6.75. The second-order valence-electron chi connectivity index (χ2n) is 6.83. The normalized spacial score (nSPS) is 28.9. The quantitative estimate of drug-likeness (QED) is 0.827. The van der Waals surface area contributed by atoms with E-state index in [1.54, 1.807) is 8.61 Å². The minimum atomic E-state index is -3.42. The fourth-order valence-electron chi connectivity index (χ4n) is 3.73. The van der Waals surface area contributed by atoms with Gasteiger partial charge in [0, 0.05) is 31.6 Å². The first-order chi connectivity index (χ1) is 11.0. The highest BCUT2D eigenvalue weighted by molar-refractivity contribution is 7.86. The third kappa shape index (κ3) is 3.45. The van der Waals surface area contributed by atoms with E-state index in [9.17, 15) is 8.42 Å². The van der Waals surface area contributed by atoms with Gasteiger partial charge in [0.15, 0.2) is 0 Å². The topological polar surface area (TPSA) is 49.9 Å². The molecule has 1 aromatic rings. The Hall–Kier alpha value is -0.950. The summed E-state index contributed by atoms with van der Waals surface area (Å²) in [7, 11) is -3.42. The molecule has 2 aliphatic rings. The third-order valence-corrected chi connectivity index (χ3v) is 7.01. The summed E-state index contributed by atoms with van der Waals surface area (Å²) in [4.78, 5) is 0. The van der Waals surface area contributed by atoms with Gasteiger partial charge in [-0.2, -0.15) is 17.0 Å². The summed E-state index contributed by atoms with van der Waals surface area (Å²) < 4.78 is 34.9. The molecule has 1 aromatic carbocycles. The van der Waals surface area contributed by atoms with E-state index in [-0.39, 0.29) is 11.5 Å². The molecule has 0 amide bonds. The lowest BCUT2D eigenvalue weighted by atomic mass is 9.85. The molecule has 0 aliphatic carbocycles. The molecule has 0 radical (unpaired) electrons. The van der Waals surface area contributed by atoms with Crippen LogP contribution in [-0.4, -0.2) is 49.4 Å². The molecule has 0 bridgehead atoms. The number of benzene rings is 1. The van der Waals surface area contributed by atoms with Crippen molar-refractivity contribution in [1.29, 1.82) is 0 Å². The zero-order valence-corrected chi connectivity index (χ0v) is 14.8. The van der Waals surface area contributed by atoms with Crippen LogP contribution in [-0.2, 0) is 21.5 Å². The van der Waals surface area contributed by atoms with Crippen LogP contribution >= 0.6 is 0 Å². The maximum Gasteiger partial charge on any atom is 0.282 e. The summed E-state index contributed by atoms with van der Waals surface area (Å²) >= 11 is 0. The van der Waals surface area contributed by atoms with Crippen LogP contribution in [0.5, 0.6) is 0 Å². The molecule has 0 N–H and O–H groups in total. The Balaban J connectivity index is 1.72. The lowest BCUT2D eigenvalue weighted by Crippen LogP contribution is -2.43. The Morgan fingerprint density at radius 1 is 1.35 bits per heavy atom. The van der Waals surface area contributed by atoms with Gasteiger partial charge >= 0.3 is 0 Å². The molecule has 128 valence electrons. The summed E-state index contributed by atoms with van der Waals surface area (Å²) in [6, 6.07) is 9.77. The average molecular weight is 338 g/mol. The molecule has 2 atom stereocenters. The van der Waals surface area contributed by atoms with Gasteiger partial charge in [-0.05, 0) is 25.3 Å². The molecule has 2 saturated heterocycles. The smallest absolute Gasteiger partial charge is 0.282 e. The molecular weight excluding hydrogens is 312 g/mol. The molecule has 0 unspecified atom stereocenters. The van der Waals surface area contributed by atoms with Crippen molar-refractivity contribution >= 4 is 10.2 Å². The molecular formula is C17H26N2O3S. The van der Waals surface area contributed by atoms with Crippen molar-refractivity contribution in [2.75, 3.05) is 26.2 Å². The van der Waals surface area contributed by atoms with E-state index >= 15 is 0 Å². The number of ether oxygens (including phenoxy) is 1. The maximum atomic E-state index is 13.0. The Labute approximate surface area is 139 Å². The molecule has 2 fully saturated rings. The van der Waals surface area contributed by atoms with Crippen molar-refractivity contribution in [3.05, 3.63) is 35.9 Å². The second kappa shape index (κ2) is 6.51. The van der Waals surface area contributed by atoms with Crippen LogP contribution in [0.4, 0.5) is 0 Å². The first kappa shape index (κ1) is 16.9. The molecule has 3 rings (SSSR count).